The molecule has 4 heteroatoms. The molecule has 0 amide bonds. The summed E-state index contributed by atoms with van der Waals surface area (Å²) in [6.07, 6.45) is 6.59. The van der Waals surface area contributed by atoms with Gasteiger partial charge < -0.3 is 28.9 Å². The van der Waals surface area contributed by atoms with Gasteiger partial charge in [0.05, 0.1) is 0 Å². The van der Waals surface area contributed by atoms with Gasteiger partial charge in [-0.15, -0.1) is 0 Å². The highest BCUT2D eigenvalue weighted by atomic mass is 127. The standard InChI is InChI=1S/C21H23N2S.HI/c1-16(9-10-17-11-13-18(14-12-17)22(2)3)15-21-23(4)19-7-5-6-8-20(19)24-21;/h5-15H,1-4H3;1H/q+1;/p-1. The first-order valence-electron chi connectivity index (χ1n) is 8.06. The van der Waals surface area contributed by atoms with Gasteiger partial charge in [0.25, 0.3) is 5.01 Å². The fraction of sp³-hybridized carbons (Fsp3) is 0.190. The number of anilines is 1. The van der Waals surface area contributed by atoms with Crippen molar-refractivity contribution in [2.75, 3.05) is 19.0 Å². The van der Waals surface area contributed by atoms with Gasteiger partial charge >= 0.3 is 0 Å². The highest BCUT2D eigenvalue weighted by molar-refractivity contribution is 7.18. The quantitative estimate of drug-likeness (QED) is 0.327. The van der Waals surface area contributed by atoms with Gasteiger partial charge in [0.15, 0.2) is 0 Å². The second-order valence-corrected chi connectivity index (χ2v) is 7.24. The fourth-order valence-corrected chi connectivity index (χ4v) is 3.76. The topological polar surface area (TPSA) is 7.12 Å². The summed E-state index contributed by atoms with van der Waals surface area (Å²) in [6.45, 7) is 2.15. The van der Waals surface area contributed by atoms with E-state index in [1.54, 1.807) is 0 Å². The van der Waals surface area contributed by atoms with Crippen LogP contribution >= 0.6 is 11.3 Å². The molecule has 1 aromatic heterocycles. The number of aryl methyl sites for hydroxylation is 1. The van der Waals surface area contributed by atoms with Crippen LogP contribution in [0.2, 0.25) is 0 Å². The molecule has 0 spiro atoms. The van der Waals surface area contributed by atoms with E-state index >= 15 is 0 Å². The maximum Gasteiger partial charge on any atom is 0.262 e. The van der Waals surface area contributed by atoms with Gasteiger partial charge in [-0.1, -0.05) is 47.8 Å². The molecule has 0 fully saturated rings. The SMILES string of the molecule is CC(/C=C/c1ccc(N(C)C)cc1)=C\c1sc2ccccc2[n+]1C.[I-]. The zero-order chi connectivity index (χ0) is 17.1. The van der Waals surface area contributed by atoms with Crippen molar-refractivity contribution in [3.05, 3.63) is 70.8 Å². The summed E-state index contributed by atoms with van der Waals surface area (Å²) in [5, 5.41) is 1.27. The molecule has 0 saturated carbocycles. The van der Waals surface area contributed by atoms with E-state index in [9.17, 15) is 0 Å². The number of halogens is 1. The van der Waals surface area contributed by atoms with Crippen molar-refractivity contribution >= 4 is 39.4 Å². The molecule has 130 valence electrons. The average Bonchev–Trinajstić information content (AvgIpc) is 2.89. The Bertz CT molecular complexity index is 905. The van der Waals surface area contributed by atoms with Crippen LogP contribution in [0.15, 0.2) is 60.2 Å². The molecule has 0 saturated heterocycles. The number of thiazole rings is 1. The van der Waals surface area contributed by atoms with Gasteiger partial charge in [-0.25, -0.2) is 0 Å². The molecule has 0 aliphatic heterocycles. The number of hydrogen-bond donors (Lipinski definition) is 0. The summed E-state index contributed by atoms with van der Waals surface area (Å²) in [5.74, 6) is 0. The lowest BCUT2D eigenvalue weighted by atomic mass is 10.1. The number of nitrogens with zero attached hydrogens (tertiary/aromatic N) is 2. The Balaban J connectivity index is 0.00000225. The molecule has 1 heterocycles. The van der Waals surface area contributed by atoms with Crippen molar-refractivity contribution in [2.24, 2.45) is 7.05 Å². The first-order chi connectivity index (χ1) is 11.5. The molecule has 0 atom stereocenters. The van der Waals surface area contributed by atoms with Crippen LogP contribution in [0.4, 0.5) is 5.69 Å². The lowest BCUT2D eigenvalue weighted by Crippen LogP contribution is -3.00. The number of aromatic nitrogens is 1. The minimum absolute atomic E-state index is 0. The van der Waals surface area contributed by atoms with Crippen LogP contribution in [0.5, 0.6) is 0 Å². The van der Waals surface area contributed by atoms with E-state index in [4.69, 9.17) is 0 Å². The second-order valence-electron chi connectivity index (χ2n) is 6.17. The Morgan fingerprint density at radius 2 is 1.72 bits per heavy atom. The summed E-state index contributed by atoms with van der Waals surface area (Å²) in [7, 11) is 6.24. The molecule has 0 unspecified atom stereocenters. The van der Waals surface area contributed by atoms with E-state index < -0.39 is 0 Å². The minimum atomic E-state index is 0. The molecule has 2 nitrogen and oxygen atoms in total. The van der Waals surface area contributed by atoms with Gasteiger partial charge in [0, 0.05) is 31.9 Å². The van der Waals surface area contributed by atoms with Crippen molar-refractivity contribution in [1.29, 1.82) is 0 Å². The summed E-state index contributed by atoms with van der Waals surface area (Å²) in [4.78, 5) is 2.11. The lowest BCUT2D eigenvalue weighted by molar-refractivity contribution is -0.642. The molecule has 0 radical (unpaired) electrons. The Kier molecular flexibility index (Phi) is 6.79. The number of fused-ring (bicyclic) bond motifs is 1. The van der Waals surface area contributed by atoms with Crippen molar-refractivity contribution in [3.63, 3.8) is 0 Å². The zero-order valence-corrected chi connectivity index (χ0v) is 18.0. The maximum atomic E-state index is 2.25. The van der Waals surface area contributed by atoms with Gasteiger partial charge in [-0.05, 0) is 36.3 Å². The number of allylic oxidation sites excluding steroid dienone is 2. The van der Waals surface area contributed by atoms with E-state index in [-0.39, 0.29) is 24.0 Å². The molecule has 0 bridgehead atoms. The van der Waals surface area contributed by atoms with Crippen molar-refractivity contribution in [2.45, 2.75) is 6.92 Å². The van der Waals surface area contributed by atoms with Crippen molar-refractivity contribution in [3.8, 4) is 0 Å². The first kappa shape index (κ1) is 19.7. The molecule has 25 heavy (non-hydrogen) atoms. The van der Waals surface area contributed by atoms with Crippen LogP contribution in [-0.4, -0.2) is 14.1 Å². The van der Waals surface area contributed by atoms with Crippen molar-refractivity contribution < 1.29 is 28.5 Å². The first-order valence-corrected chi connectivity index (χ1v) is 8.87. The summed E-state index contributed by atoms with van der Waals surface area (Å²) in [6, 6.07) is 17.1. The normalized spacial score (nSPS) is 11.8. The Morgan fingerprint density at radius 1 is 1.04 bits per heavy atom. The summed E-state index contributed by atoms with van der Waals surface area (Å²) in [5.41, 5.74) is 4.96. The average molecular weight is 462 g/mol. The zero-order valence-electron chi connectivity index (χ0n) is 15.0. The number of benzene rings is 2. The lowest BCUT2D eigenvalue weighted by Gasteiger charge is -2.11. The largest absolute Gasteiger partial charge is 1.00 e. The minimum Gasteiger partial charge on any atom is -1.00 e. The number of para-hydroxylation sites is 1. The van der Waals surface area contributed by atoms with Crippen LogP contribution in [0, 0.1) is 0 Å². The predicted molar refractivity (Wildman–Crippen MR) is 106 cm³/mol. The fourth-order valence-electron chi connectivity index (χ4n) is 2.60. The molecular formula is C21H23IN2S. The van der Waals surface area contributed by atoms with Crippen LogP contribution < -0.4 is 33.4 Å². The van der Waals surface area contributed by atoms with Crippen LogP contribution in [0.25, 0.3) is 22.4 Å². The van der Waals surface area contributed by atoms with Gasteiger partial charge in [-0.3, -0.25) is 0 Å². The van der Waals surface area contributed by atoms with Gasteiger partial charge in [0.1, 0.15) is 11.7 Å². The summed E-state index contributed by atoms with van der Waals surface area (Å²) < 4.78 is 3.57. The number of hydrogen-bond acceptors (Lipinski definition) is 2. The van der Waals surface area contributed by atoms with Gasteiger partial charge in [0.2, 0.25) is 5.52 Å². The third-order valence-electron chi connectivity index (χ3n) is 4.07. The number of rotatable bonds is 4. The molecule has 0 aliphatic carbocycles. The Morgan fingerprint density at radius 3 is 2.36 bits per heavy atom. The molecule has 0 aliphatic rings. The van der Waals surface area contributed by atoms with E-state index in [0.717, 1.165) is 0 Å². The molecule has 3 aromatic rings. The maximum absolute atomic E-state index is 2.25. The second kappa shape index (κ2) is 8.63. The third kappa shape index (κ3) is 4.70. The molecule has 3 rings (SSSR count). The molecule has 2 aromatic carbocycles. The highest BCUT2D eigenvalue weighted by Gasteiger charge is 2.13. The Hall–Kier alpha value is -1.66. The van der Waals surface area contributed by atoms with Crippen molar-refractivity contribution in [1.82, 2.24) is 0 Å². The molecular weight excluding hydrogens is 439 g/mol. The van der Waals surface area contributed by atoms with Crippen LogP contribution in [0.3, 0.4) is 0 Å². The van der Waals surface area contributed by atoms with Gasteiger partial charge in [-0.2, -0.15) is 4.57 Å². The van der Waals surface area contributed by atoms with E-state index in [0.29, 0.717) is 0 Å². The van der Waals surface area contributed by atoms with E-state index in [2.05, 4.69) is 104 Å². The van der Waals surface area contributed by atoms with E-state index in [1.165, 1.54) is 32.0 Å². The highest BCUT2D eigenvalue weighted by Crippen LogP contribution is 2.22. The molecule has 0 N–H and O–H groups in total. The monoisotopic (exact) mass is 462 g/mol. The predicted octanol–water partition coefficient (Wildman–Crippen LogP) is 1.91. The Labute approximate surface area is 171 Å². The third-order valence-corrected chi connectivity index (χ3v) is 5.24. The van der Waals surface area contributed by atoms with E-state index in [1.807, 2.05) is 11.3 Å². The smallest absolute Gasteiger partial charge is 0.262 e. The van der Waals surface area contributed by atoms with Crippen LogP contribution in [0.1, 0.15) is 17.5 Å². The van der Waals surface area contributed by atoms with Crippen LogP contribution in [-0.2, 0) is 7.05 Å². The summed E-state index contributed by atoms with van der Waals surface area (Å²) >= 11 is 1.83.